The molecule has 5 aliphatic rings. The molecule has 0 radical (unpaired) electrons. The van der Waals surface area contributed by atoms with Crippen molar-refractivity contribution in [2.45, 2.75) is 110 Å². The first-order chi connectivity index (χ1) is 30.0. The minimum absolute atomic E-state index is 0.0448. The van der Waals surface area contributed by atoms with Crippen molar-refractivity contribution in [3.05, 3.63) is 76.2 Å². The number of carbonyl (C=O) groups excluding carboxylic acids is 5. The van der Waals surface area contributed by atoms with Gasteiger partial charge in [0.15, 0.2) is 0 Å². The Bertz CT molecular complexity index is 2320. The highest BCUT2D eigenvalue weighted by Gasteiger charge is 2.64. The number of piperidine rings is 2. The molecule has 16 heteroatoms. The third-order valence-corrected chi connectivity index (χ3v) is 14.0. The zero-order chi connectivity index (χ0) is 45.0. The first kappa shape index (κ1) is 43.7. The summed E-state index contributed by atoms with van der Waals surface area (Å²) in [7, 11) is 0. The standard InChI is InChI=1S/C47H56N8O8/c1-26-17-31(18-27(2)35(26)22-48)63-45-46(3,4)44(47(45,5)6)52-40(58)36-23-50-38(24-49-36)53-13-11-28(12-14-53)25-54(15-16-56)29-19-32(20-29)62-30-7-8-33-34(21-30)43(61)55(42(33)60)37-9-10-39(57)51-41(37)59/h7-8,17-18,21,23-24,28-29,32,37,44-45,56H,9-16,19-20,25H2,1-6H3,(H,52,58)(H,51,57,59)/t29?,32?,37-,44?,45?/m1/s1. The zero-order valence-electron chi connectivity index (χ0n) is 36.8. The van der Waals surface area contributed by atoms with Gasteiger partial charge in [0, 0.05) is 68.4 Å². The number of hydrogen-bond donors (Lipinski definition) is 3. The Labute approximate surface area is 367 Å². The Kier molecular flexibility index (Phi) is 11.8. The minimum Gasteiger partial charge on any atom is -0.490 e. The number of nitriles is 1. The van der Waals surface area contributed by atoms with Crippen LogP contribution in [0.2, 0.25) is 0 Å². The third-order valence-electron chi connectivity index (χ3n) is 14.0. The van der Waals surface area contributed by atoms with Gasteiger partial charge in [-0.1, -0.05) is 27.7 Å². The maximum Gasteiger partial charge on any atom is 0.271 e. The lowest BCUT2D eigenvalue weighted by Gasteiger charge is -2.63. The quantitative estimate of drug-likeness (QED) is 0.207. The summed E-state index contributed by atoms with van der Waals surface area (Å²) in [6.07, 6.45) is 6.47. The second-order valence-electron chi connectivity index (χ2n) is 19.0. The van der Waals surface area contributed by atoms with Crippen LogP contribution in [-0.2, 0) is 9.59 Å². The second-order valence-corrected chi connectivity index (χ2v) is 19.0. The molecule has 2 aliphatic carbocycles. The Morgan fingerprint density at radius 2 is 1.62 bits per heavy atom. The van der Waals surface area contributed by atoms with Gasteiger partial charge in [0.1, 0.15) is 41.3 Å². The van der Waals surface area contributed by atoms with E-state index in [1.807, 2.05) is 26.0 Å². The van der Waals surface area contributed by atoms with Gasteiger partial charge in [0.05, 0.1) is 41.8 Å². The molecule has 16 nitrogen and oxygen atoms in total. The molecule has 1 atom stereocenters. The third kappa shape index (κ3) is 8.24. The van der Waals surface area contributed by atoms with Crippen LogP contribution in [0.3, 0.4) is 0 Å². The van der Waals surface area contributed by atoms with Gasteiger partial charge in [0.25, 0.3) is 17.7 Å². The van der Waals surface area contributed by atoms with Crippen LogP contribution in [-0.4, -0.2) is 118 Å². The fraction of sp³-hybridized carbons (Fsp3) is 0.532. The SMILES string of the molecule is Cc1cc(OC2C(C)(C)C(NC(=O)c3cnc(N4CCC(CN(CCO)C5CC(Oc6ccc7c(c6)C(=O)N([C@@H]6CCC(=O)NC6=O)C7=O)C5)CC4)cn3)C2(C)C)cc(C)c1C#N. The van der Waals surface area contributed by atoms with E-state index in [4.69, 9.17) is 9.47 Å². The van der Waals surface area contributed by atoms with E-state index < -0.39 is 29.7 Å². The van der Waals surface area contributed by atoms with Crippen molar-refractivity contribution in [1.29, 1.82) is 5.26 Å². The molecule has 4 heterocycles. The molecule has 2 saturated carbocycles. The molecule has 8 rings (SSSR count). The van der Waals surface area contributed by atoms with E-state index in [9.17, 15) is 34.3 Å². The fourth-order valence-corrected chi connectivity index (χ4v) is 10.8. The first-order valence-electron chi connectivity index (χ1n) is 21.9. The summed E-state index contributed by atoms with van der Waals surface area (Å²) in [6.45, 7) is 15.2. The predicted octanol–water partition coefficient (Wildman–Crippen LogP) is 4.10. The molecule has 2 saturated heterocycles. The van der Waals surface area contributed by atoms with Crippen LogP contribution in [0.5, 0.6) is 11.5 Å². The molecule has 63 heavy (non-hydrogen) atoms. The first-order valence-corrected chi connectivity index (χ1v) is 21.9. The van der Waals surface area contributed by atoms with E-state index in [-0.39, 0.29) is 77.3 Å². The number of aryl methyl sites for hydroxylation is 2. The fourth-order valence-electron chi connectivity index (χ4n) is 10.8. The van der Waals surface area contributed by atoms with Crippen LogP contribution < -0.4 is 25.0 Å². The van der Waals surface area contributed by atoms with Gasteiger partial charge in [-0.05, 0) is 80.5 Å². The van der Waals surface area contributed by atoms with E-state index >= 15 is 0 Å². The molecular formula is C47H56N8O8. The van der Waals surface area contributed by atoms with Gasteiger partial charge in [-0.2, -0.15) is 5.26 Å². The van der Waals surface area contributed by atoms with Gasteiger partial charge in [0.2, 0.25) is 11.8 Å². The Morgan fingerprint density at radius 3 is 2.24 bits per heavy atom. The summed E-state index contributed by atoms with van der Waals surface area (Å²) in [5, 5.41) is 24.8. The van der Waals surface area contributed by atoms with Gasteiger partial charge < -0.3 is 24.8 Å². The van der Waals surface area contributed by atoms with Crippen LogP contribution in [0, 0.1) is 41.9 Å². The normalized spacial score (nSPS) is 25.2. The number of nitrogens with zero attached hydrogens (tertiary/aromatic N) is 6. The Morgan fingerprint density at radius 1 is 0.937 bits per heavy atom. The van der Waals surface area contributed by atoms with Crippen LogP contribution in [0.25, 0.3) is 0 Å². The average Bonchev–Trinajstić information content (AvgIpc) is 3.47. The topological polar surface area (TPSA) is 207 Å². The van der Waals surface area contributed by atoms with Crippen LogP contribution in [0.15, 0.2) is 42.7 Å². The highest BCUT2D eigenvalue weighted by atomic mass is 16.5. The summed E-state index contributed by atoms with van der Waals surface area (Å²) in [6, 6.07) is 9.87. The maximum absolute atomic E-state index is 13.5. The number of aliphatic hydroxyl groups excluding tert-OH is 1. The lowest BCUT2D eigenvalue weighted by molar-refractivity contribution is -0.164. The minimum atomic E-state index is -1.02. The van der Waals surface area contributed by atoms with E-state index in [0.29, 0.717) is 29.5 Å². The summed E-state index contributed by atoms with van der Waals surface area (Å²) < 4.78 is 12.8. The number of aromatic nitrogens is 2. The number of benzene rings is 2. The van der Waals surface area contributed by atoms with E-state index in [2.05, 4.69) is 64.2 Å². The van der Waals surface area contributed by atoms with Gasteiger partial charge >= 0.3 is 0 Å². The van der Waals surface area contributed by atoms with Crippen molar-refractivity contribution in [3.8, 4) is 17.6 Å². The number of amides is 5. The second kappa shape index (κ2) is 17.0. The molecule has 3 aromatic rings. The molecule has 5 amide bonds. The lowest BCUT2D eigenvalue weighted by Crippen LogP contribution is -2.74. The number of aliphatic hydroxyl groups is 1. The van der Waals surface area contributed by atoms with Crippen molar-refractivity contribution < 1.29 is 38.6 Å². The van der Waals surface area contributed by atoms with E-state index in [1.165, 1.54) is 0 Å². The Hall–Kier alpha value is -5.92. The van der Waals surface area contributed by atoms with Crippen molar-refractivity contribution in [2.75, 3.05) is 37.7 Å². The number of fused-ring (bicyclic) bond motifs is 1. The van der Waals surface area contributed by atoms with Crippen LogP contribution >= 0.6 is 0 Å². The lowest BCUT2D eigenvalue weighted by atomic mass is 9.49. The van der Waals surface area contributed by atoms with E-state index in [0.717, 1.165) is 67.2 Å². The van der Waals surface area contributed by atoms with Crippen molar-refractivity contribution >= 4 is 35.4 Å². The highest BCUT2D eigenvalue weighted by molar-refractivity contribution is 6.23. The molecule has 3 N–H and O–H groups in total. The van der Waals surface area contributed by atoms with Crippen LogP contribution in [0.1, 0.15) is 114 Å². The number of imide groups is 2. The summed E-state index contributed by atoms with van der Waals surface area (Å²) in [4.78, 5) is 78.6. The molecule has 332 valence electrons. The molecule has 2 aromatic carbocycles. The van der Waals surface area contributed by atoms with Gasteiger partial charge in [-0.3, -0.25) is 39.1 Å². The molecule has 4 fully saturated rings. The zero-order valence-corrected chi connectivity index (χ0v) is 36.8. The average molecular weight is 861 g/mol. The van der Waals surface area contributed by atoms with Crippen molar-refractivity contribution in [1.82, 2.24) is 30.4 Å². The molecule has 3 aliphatic heterocycles. The Balaban J connectivity index is 0.795. The van der Waals surface area contributed by atoms with Gasteiger partial charge in [-0.15, -0.1) is 0 Å². The van der Waals surface area contributed by atoms with Crippen molar-refractivity contribution in [3.63, 3.8) is 0 Å². The molecular weight excluding hydrogens is 805 g/mol. The number of anilines is 1. The number of carbonyl (C=O) groups is 5. The molecule has 0 spiro atoms. The molecule has 1 aromatic heterocycles. The summed E-state index contributed by atoms with van der Waals surface area (Å²) >= 11 is 0. The monoisotopic (exact) mass is 860 g/mol. The van der Waals surface area contributed by atoms with E-state index in [1.54, 1.807) is 30.6 Å². The van der Waals surface area contributed by atoms with Crippen LogP contribution in [0.4, 0.5) is 5.82 Å². The number of nitrogens with one attached hydrogen (secondary N) is 2. The number of rotatable bonds is 13. The molecule has 0 bridgehead atoms. The van der Waals surface area contributed by atoms with Crippen molar-refractivity contribution in [2.24, 2.45) is 16.7 Å². The number of hydrogen-bond acceptors (Lipinski definition) is 13. The number of ether oxygens (including phenoxy) is 2. The maximum atomic E-state index is 13.5. The largest absolute Gasteiger partial charge is 0.490 e. The summed E-state index contributed by atoms with van der Waals surface area (Å²) in [5.41, 5.74) is 2.29. The van der Waals surface area contributed by atoms with Gasteiger partial charge in [-0.25, -0.2) is 9.97 Å². The molecule has 0 unspecified atom stereocenters. The summed E-state index contributed by atoms with van der Waals surface area (Å²) in [5.74, 6) is -0.146. The highest BCUT2D eigenvalue weighted by Crippen LogP contribution is 2.55. The predicted molar refractivity (Wildman–Crippen MR) is 230 cm³/mol. The smallest absolute Gasteiger partial charge is 0.271 e.